The van der Waals surface area contributed by atoms with E-state index in [0.29, 0.717) is 19.5 Å². The number of carbonyl (C=O) groups excluding carboxylic acids is 3. The summed E-state index contributed by atoms with van der Waals surface area (Å²) in [5, 5.41) is 3.77. The van der Waals surface area contributed by atoms with E-state index >= 15 is 0 Å². The predicted octanol–water partition coefficient (Wildman–Crippen LogP) is 1.76. The van der Waals surface area contributed by atoms with Gasteiger partial charge in [-0.25, -0.2) is 4.79 Å². The Morgan fingerprint density at radius 2 is 2.00 bits per heavy atom. The molecule has 0 bridgehead atoms. The molecule has 1 fully saturated rings. The molecule has 0 aliphatic carbocycles. The van der Waals surface area contributed by atoms with Gasteiger partial charge in [-0.15, -0.1) is 0 Å². The molecule has 1 aliphatic rings. The largest absolute Gasteiger partial charge is 0.461 e. The van der Waals surface area contributed by atoms with E-state index < -0.39 is 17.8 Å². The molecule has 2 heterocycles. The summed E-state index contributed by atoms with van der Waals surface area (Å²) >= 11 is 0. The molecule has 1 aromatic heterocycles. The predicted molar refractivity (Wildman–Crippen MR) is 91.9 cm³/mol. The Kier molecular flexibility index (Phi) is 4.74. The Morgan fingerprint density at radius 1 is 1.24 bits per heavy atom. The van der Waals surface area contributed by atoms with Gasteiger partial charge in [0.1, 0.15) is 11.3 Å². The highest BCUT2D eigenvalue weighted by molar-refractivity contribution is 6.38. The summed E-state index contributed by atoms with van der Waals surface area (Å²) in [7, 11) is 0. The van der Waals surface area contributed by atoms with Crippen LogP contribution in [0.3, 0.4) is 0 Å². The maximum atomic E-state index is 12.3. The van der Waals surface area contributed by atoms with Crippen LogP contribution in [0, 0.1) is 0 Å². The molecule has 7 nitrogen and oxygen atoms in total. The third-order valence-corrected chi connectivity index (χ3v) is 4.29. The molecule has 0 spiro atoms. The Bertz CT molecular complexity index is 781. The van der Waals surface area contributed by atoms with Crippen molar-refractivity contribution in [1.29, 1.82) is 0 Å². The van der Waals surface area contributed by atoms with E-state index in [1.807, 2.05) is 37.3 Å². The molecule has 25 heavy (non-hydrogen) atoms. The van der Waals surface area contributed by atoms with Gasteiger partial charge in [0.25, 0.3) is 0 Å². The molecule has 0 radical (unpaired) electrons. The number of nitrogens with one attached hydrogen (secondary N) is 1. The van der Waals surface area contributed by atoms with Crippen molar-refractivity contribution in [3.63, 3.8) is 0 Å². The number of likely N-dealkylation sites (N-methyl/N-ethyl adjacent to an activating group) is 1. The Labute approximate surface area is 145 Å². The van der Waals surface area contributed by atoms with E-state index in [-0.39, 0.29) is 12.6 Å². The molecule has 2 aromatic rings. The molecule has 1 saturated heterocycles. The molecular weight excluding hydrogens is 322 g/mol. The van der Waals surface area contributed by atoms with Crippen LogP contribution in [0.5, 0.6) is 0 Å². The first-order valence-corrected chi connectivity index (χ1v) is 8.38. The van der Waals surface area contributed by atoms with Crippen LogP contribution in [0.1, 0.15) is 19.6 Å². The second kappa shape index (κ2) is 6.96. The van der Waals surface area contributed by atoms with Crippen molar-refractivity contribution in [2.75, 3.05) is 19.6 Å². The average Bonchev–Trinajstić information content (AvgIpc) is 2.99. The van der Waals surface area contributed by atoms with E-state index in [0.717, 1.165) is 21.6 Å². The van der Waals surface area contributed by atoms with Crippen molar-refractivity contribution in [3.05, 3.63) is 36.1 Å². The molecular formula is C18H21N3O4. The number of para-hydroxylation sites is 1. The minimum atomic E-state index is -0.776. The smallest absolute Gasteiger partial charge is 0.324 e. The Hall–Kier alpha value is -2.83. The highest BCUT2D eigenvalue weighted by Gasteiger charge is 2.35. The minimum Gasteiger partial charge on any atom is -0.461 e. The van der Waals surface area contributed by atoms with E-state index in [9.17, 15) is 14.4 Å². The zero-order valence-electron chi connectivity index (χ0n) is 14.3. The van der Waals surface area contributed by atoms with Crippen molar-refractivity contribution < 1.29 is 18.8 Å². The molecule has 1 aliphatic heterocycles. The van der Waals surface area contributed by atoms with Gasteiger partial charge in [-0.2, -0.15) is 0 Å². The highest BCUT2D eigenvalue weighted by atomic mass is 16.3. The van der Waals surface area contributed by atoms with Crippen LogP contribution in [-0.4, -0.2) is 53.3 Å². The highest BCUT2D eigenvalue weighted by Crippen LogP contribution is 2.19. The SMILES string of the molecule is CCN1CCN(C(=O)N[C@H](C)Cc2cc3ccccc3o2)C(=O)C1=O. The summed E-state index contributed by atoms with van der Waals surface area (Å²) in [5.41, 5.74) is 0.799. The summed E-state index contributed by atoms with van der Waals surface area (Å²) in [6.45, 7) is 4.67. The number of amides is 4. The van der Waals surface area contributed by atoms with Crippen LogP contribution < -0.4 is 5.32 Å². The Balaban J connectivity index is 1.60. The van der Waals surface area contributed by atoms with Crippen molar-refractivity contribution in [3.8, 4) is 0 Å². The fourth-order valence-corrected chi connectivity index (χ4v) is 2.95. The molecule has 4 amide bonds. The lowest BCUT2D eigenvalue weighted by Crippen LogP contribution is -2.59. The van der Waals surface area contributed by atoms with Gasteiger partial charge < -0.3 is 14.6 Å². The second-order valence-corrected chi connectivity index (χ2v) is 6.15. The number of hydrogen-bond acceptors (Lipinski definition) is 4. The van der Waals surface area contributed by atoms with E-state index in [4.69, 9.17) is 4.42 Å². The number of hydrogen-bond donors (Lipinski definition) is 1. The zero-order valence-corrected chi connectivity index (χ0v) is 14.3. The summed E-state index contributed by atoms with van der Waals surface area (Å²) < 4.78 is 5.74. The first-order chi connectivity index (χ1) is 12.0. The van der Waals surface area contributed by atoms with E-state index in [1.165, 1.54) is 4.90 Å². The number of benzene rings is 1. The molecule has 3 rings (SSSR count). The third-order valence-electron chi connectivity index (χ3n) is 4.29. The van der Waals surface area contributed by atoms with Crippen molar-refractivity contribution in [1.82, 2.24) is 15.1 Å². The summed E-state index contributed by atoms with van der Waals surface area (Å²) in [5.74, 6) is -0.650. The molecule has 1 aromatic carbocycles. The lowest BCUT2D eigenvalue weighted by atomic mass is 10.2. The van der Waals surface area contributed by atoms with Crippen LogP contribution in [0.2, 0.25) is 0 Å². The number of furan rings is 1. The number of carbonyl (C=O) groups is 3. The first kappa shape index (κ1) is 17.0. The molecule has 0 saturated carbocycles. The van der Waals surface area contributed by atoms with Crippen LogP contribution in [0.4, 0.5) is 4.79 Å². The number of nitrogens with zero attached hydrogens (tertiary/aromatic N) is 2. The molecule has 132 valence electrons. The lowest BCUT2D eigenvalue weighted by molar-refractivity contribution is -0.153. The van der Waals surface area contributed by atoms with Gasteiger partial charge in [-0.1, -0.05) is 18.2 Å². The van der Waals surface area contributed by atoms with Gasteiger partial charge in [0.15, 0.2) is 0 Å². The normalized spacial score (nSPS) is 16.4. The molecule has 1 N–H and O–H groups in total. The fourth-order valence-electron chi connectivity index (χ4n) is 2.95. The maximum Gasteiger partial charge on any atom is 0.324 e. The van der Waals surface area contributed by atoms with Crippen LogP contribution in [0.15, 0.2) is 34.7 Å². The number of imide groups is 1. The molecule has 1 atom stereocenters. The first-order valence-electron chi connectivity index (χ1n) is 8.38. The summed E-state index contributed by atoms with van der Waals surface area (Å²) in [4.78, 5) is 38.7. The van der Waals surface area contributed by atoms with Gasteiger partial charge in [0, 0.05) is 37.5 Å². The van der Waals surface area contributed by atoms with Crippen molar-refractivity contribution >= 4 is 28.8 Å². The maximum absolute atomic E-state index is 12.3. The molecule has 7 heteroatoms. The quantitative estimate of drug-likeness (QED) is 0.858. The number of rotatable bonds is 4. The van der Waals surface area contributed by atoms with Gasteiger partial charge in [0.05, 0.1) is 0 Å². The summed E-state index contributed by atoms with van der Waals surface area (Å²) in [6.07, 6.45) is 0.498. The molecule has 0 unspecified atom stereocenters. The van der Waals surface area contributed by atoms with Crippen molar-refractivity contribution in [2.45, 2.75) is 26.3 Å². The average molecular weight is 343 g/mol. The van der Waals surface area contributed by atoms with Crippen LogP contribution in [-0.2, 0) is 16.0 Å². The zero-order chi connectivity index (χ0) is 18.0. The van der Waals surface area contributed by atoms with Gasteiger partial charge >= 0.3 is 17.8 Å². The standard InChI is InChI=1S/C18H21N3O4/c1-3-20-8-9-21(17(23)16(20)22)18(24)19-12(2)10-14-11-13-6-4-5-7-15(13)25-14/h4-7,11-12H,3,8-10H2,1-2H3,(H,19,24)/t12-/m1/s1. The van der Waals surface area contributed by atoms with Gasteiger partial charge in [-0.05, 0) is 26.0 Å². The second-order valence-electron chi connectivity index (χ2n) is 6.15. The number of urea groups is 1. The van der Waals surface area contributed by atoms with Crippen LogP contribution in [0.25, 0.3) is 11.0 Å². The third kappa shape index (κ3) is 3.50. The van der Waals surface area contributed by atoms with Gasteiger partial charge in [0.2, 0.25) is 0 Å². The Morgan fingerprint density at radius 3 is 2.72 bits per heavy atom. The van der Waals surface area contributed by atoms with Crippen molar-refractivity contribution in [2.24, 2.45) is 0 Å². The summed E-state index contributed by atoms with van der Waals surface area (Å²) in [6, 6.07) is 8.85. The van der Waals surface area contributed by atoms with Gasteiger partial charge in [-0.3, -0.25) is 14.5 Å². The minimum absolute atomic E-state index is 0.210. The van der Waals surface area contributed by atoms with E-state index in [2.05, 4.69) is 5.32 Å². The van der Waals surface area contributed by atoms with E-state index in [1.54, 1.807) is 6.92 Å². The lowest BCUT2D eigenvalue weighted by Gasteiger charge is -2.32. The monoisotopic (exact) mass is 343 g/mol. The number of piperazine rings is 1. The fraction of sp³-hybridized carbons (Fsp3) is 0.389. The topological polar surface area (TPSA) is 82.9 Å². The van der Waals surface area contributed by atoms with Crippen LogP contribution >= 0.6 is 0 Å². The number of fused-ring (bicyclic) bond motifs is 1.